The van der Waals surface area contributed by atoms with Crippen LogP contribution < -0.4 is 5.32 Å². The van der Waals surface area contributed by atoms with Crippen molar-refractivity contribution in [3.8, 4) is 0 Å². The molecule has 1 heterocycles. The van der Waals surface area contributed by atoms with Crippen LogP contribution in [0.25, 0.3) is 0 Å². The van der Waals surface area contributed by atoms with Gasteiger partial charge in [0.1, 0.15) is 0 Å². The highest BCUT2D eigenvalue weighted by atomic mass is 32.2. The summed E-state index contributed by atoms with van der Waals surface area (Å²) in [6, 6.07) is 8.34. The highest BCUT2D eigenvalue weighted by Gasteiger charge is 2.10. The van der Waals surface area contributed by atoms with Crippen molar-refractivity contribution < 1.29 is 4.79 Å². The first kappa shape index (κ1) is 17.3. The Kier molecular flexibility index (Phi) is 6.72. The second-order valence-corrected chi connectivity index (χ2v) is 8.86. The molecule has 0 saturated heterocycles. The third-order valence-corrected chi connectivity index (χ3v) is 5.50. The normalized spacial score (nSPS) is 10.9. The Morgan fingerprint density at radius 3 is 2.91 bits per heavy atom. The molecule has 4 nitrogen and oxygen atoms in total. The molecule has 0 spiro atoms. The van der Waals surface area contributed by atoms with Gasteiger partial charge in [-0.05, 0) is 12.5 Å². The van der Waals surface area contributed by atoms with Gasteiger partial charge in [0.25, 0.3) is 0 Å². The number of carbonyl (C=O) groups is 1. The molecule has 7 heteroatoms. The summed E-state index contributed by atoms with van der Waals surface area (Å²) in [4.78, 5) is 11.9. The van der Waals surface area contributed by atoms with Gasteiger partial charge in [-0.3, -0.25) is 10.1 Å². The first-order valence-corrected chi connectivity index (χ1v) is 9.81. The summed E-state index contributed by atoms with van der Waals surface area (Å²) in [5.41, 5.74) is 2.48. The van der Waals surface area contributed by atoms with E-state index in [0.717, 1.165) is 10.1 Å². The Balaban J connectivity index is 1.74. The molecule has 118 valence electrons. The van der Waals surface area contributed by atoms with Crippen LogP contribution in [-0.2, 0) is 10.5 Å². The van der Waals surface area contributed by atoms with Crippen molar-refractivity contribution in [1.82, 2.24) is 10.2 Å². The van der Waals surface area contributed by atoms with E-state index in [1.54, 1.807) is 23.5 Å². The molecule has 2 aromatic rings. The van der Waals surface area contributed by atoms with Crippen LogP contribution in [-0.4, -0.2) is 27.1 Å². The van der Waals surface area contributed by atoms with Crippen molar-refractivity contribution in [2.75, 3.05) is 11.1 Å². The Morgan fingerprint density at radius 2 is 2.18 bits per heavy atom. The number of thioether (sulfide) groups is 2. The summed E-state index contributed by atoms with van der Waals surface area (Å²) in [7, 11) is 0. The zero-order valence-corrected chi connectivity index (χ0v) is 15.3. The SMILES string of the molecule is Cc1cccc(CSCC(=O)Nc2nnc(SC(C)C)s2)c1. The van der Waals surface area contributed by atoms with E-state index in [0.29, 0.717) is 16.1 Å². The van der Waals surface area contributed by atoms with Gasteiger partial charge in [0, 0.05) is 11.0 Å². The summed E-state index contributed by atoms with van der Waals surface area (Å²) < 4.78 is 0.887. The number of aryl methyl sites for hydroxylation is 1. The molecule has 0 fully saturated rings. The number of hydrogen-bond donors (Lipinski definition) is 1. The zero-order valence-electron chi connectivity index (χ0n) is 12.8. The van der Waals surface area contributed by atoms with E-state index < -0.39 is 0 Å². The number of benzene rings is 1. The van der Waals surface area contributed by atoms with Crippen LogP contribution in [0.4, 0.5) is 5.13 Å². The molecular formula is C15H19N3OS3. The number of aromatic nitrogens is 2. The molecule has 0 aliphatic rings. The van der Waals surface area contributed by atoms with Crippen molar-refractivity contribution in [2.45, 2.75) is 36.1 Å². The maximum atomic E-state index is 11.9. The van der Waals surface area contributed by atoms with Gasteiger partial charge in [0.05, 0.1) is 5.75 Å². The molecule has 0 saturated carbocycles. The number of amides is 1. The molecule has 1 N–H and O–H groups in total. The summed E-state index contributed by atoms with van der Waals surface area (Å²) in [5.74, 6) is 1.22. The topological polar surface area (TPSA) is 54.9 Å². The summed E-state index contributed by atoms with van der Waals surface area (Å²) in [5, 5.41) is 11.9. The fraction of sp³-hybridized carbons (Fsp3) is 0.400. The number of nitrogens with one attached hydrogen (secondary N) is 1. The fourth-order valence-corrected chi connectivity index (χ4v) is 4.49. The van der Waals surface area contributed by atoms with Gasteiger partial charge in [0.15, 0.2) is 4.34 Å². The van der Waals surface area contributed by atoms with E-state index in [2.05, 4.69) is 54.5 Å². The Hall–Kier alpha value is -1.05. The minimum atomic E-state index is -0.0325. The number of hydrogen-bond acceptors (Lipinski definition) is 6. The third-order valence-electron chi connectivity index (χ3n) is 2.57. The third kappa shape index (κ3) is 5.98. The molecule has 1 aromatic carbocycles. The second kappa shape index (κ2) is 8.55. The quantitative estimate of drug-likeness (QED) is 0.596. The highest BCUT2D eigenvalue weighted by Crippen LogP contribution is 2.28. The monoisotopic (exact) mass is 353 g/mol. The van der Waals surface area contributed by atoms with Gasteiger partial charge >= 0.3 is 0 Å². The summed E-state index contributed by atoms with van der Waals surface area (Å²) >= 11 is 4.67. The fourth-order valence-electron chi connectivity index (χ4n) is 1.73. The van der Waals surface area contributed by atoms with Gasteiger partial charge in [-0.2, -0.15) is 0 Å². The molecule has 22 heavy (non-hydrogen) atoms. The number of nitrogens with zero attached hydrogens (tertiary/aromatic N) is 2. The van der Waals surface area contributed by atoms with Crippen LogP contribution in [0, 0.1) is 6.92 Å². The average Bonchev–Trinajstić information content (AvgIpc) is 2.85. The first-order valence-electron chi connectivity index (χ1n) is 6.96. The van der Waals surface area contributed by atoms with Crippen LogP contribution in [0.1, 0.15) is 25.0 Å². The van der Waals surface area contributed by atoms with Gasteiger partial charge in [-0.15, -0.1) is 22.0 Å². The second-order valence-electron chi connectivity index (χ2n) is 5.07. The lowest BCUT2D eigenvalue weighted by Gasteiger charge is -2.03. The predicted molar refractivity (Wildman–Crippen MR) is 96.9 cm³/mol. The molecule has 1 amide bonds. The smallest absolute Gasteiger partial charge is 0.236 e. The lowest BCUT2D eigenvalue weighted by atomic mass is 10.2. The van der Waals surface area contributed by atoms with E-state index in [4.69, 9.17) is 0 Å². The van der Waals surface area contributed by atoms with Crippen LogP contribution in [0.2, 0.25) is 0 Å². The van der Waals surface area contributed by atoms with Gasteiger partial charge in [-0.1, -0.05) is 66.8 Å². The summed E-state index contributed by atoms with van der Waals surface area (Å²) in [6.45, 7) is 6.28. The molecule has 1 aromatic heterocycles. The molecular weight excluding hydrogens is 334 g/mol. The lowest BCUT2D eigenvalue weighted by Crippen LogP contribution is -2.14. The zero-order chi connectivity index (χ0) is 15.9. The lowest BCUT2D eigenvalue weighted by molar-refractivity contribution is -0.113. The van der Waals surface area contributed by atoms with E-state index >= 15 is 0 Å². The van der Waals surface area contributed by atoms with Crippen LogP contribution in [0.15, 0.2) is 28.6 Å². The first-order chi connectivity index (χ1) is 10.5. The van der Waals surface area contributed by atoms with Crippen LogP contribution in [0.5, 0.6) is 0 Å². The molecule has 0 atom stereocenters. The van der Waals surface area contributed by atoms with Crippen LogP contribution in [0.3, 0.4) is 0 Å². The van der Waals surface area contributed by atoms with Crippen molar-refractivity contribution in [1.29, 1.82) is 0 Å². The number of anilines is 1. The van der Waals surface area contributed by atoms with Crippen molar-refractivity contribution in [2.24, 2.45) is 0 Å². The largest absolute Gasteiger partial charge is 0.300 e. The molecule has 0 aliphatic heterocycles. The van der Waals surface area contributed by atoms with Crippen molar-refractivity contribution in [3.05, 3.63) is 35.4 Å². The van der Waals surface area contributed by atoms with Crippen molar-refractivity contribution >= 4 is 45.9 Å². The minimum absolute atomic E-state index is 0.0325. The maximum Gasteiger partial charge on any atom is 0.236 e. The standard InChI is InChI=1S/C15H19N3OS3/c1-10(2)21-15-18-17-14(22-15)16-13(19)9-20-8-12-6-4-5-11(3)7-12/h4-7,10H,8-9H2,1-3H3,(H,16,17,19). The van der Waals surface area contributed by atoms with E-state index in [1.165, 1.54) is 22.5 Å². The molecule has 2 rings (SSSR count). The molecule has 0 radical (unpaired) electrons. The van der Waals surface area contributed by atoms with E-state index in [9.17, 15) is 4.79 Å². The van der Waals surface area contributed by atoms with Crippen LogP contribution >= 0.6 is 34.9 Å². The number of rotatable bonds is 7. The molecule has 0 aliphatic carbocycles. The van der Waals surface area contributed by atoms with Crippen molar-refractivity contribution in [3.63, 3.8) is 0 Å². The predicted octanol–water partition coefficient (Wildman–Crippen LogP) is 4.22. The Morgan fingerprint density at radius 1 is 1.36 bits per heavy atom. The summed E-state index contributed by atoms with van der Waals surface area (Å²) in [6.07, 6.45) is 0. The highest BCUT2D eigenvalue weighted by molar-refractivity contribution is 8.01. The minimum Gasteiger partial charge on any atom is -0.300 e. The Bertz CT molecular complexity index is 628. The van der Waals surface area contributed by atoms with Gasteiger partial charge in [0.2, 0.25) is 11.0 Å². The average molecular weight is 354 g/mol. The van der Waals surface area contributed by atoms with Gasteiger partial charge in [-0.25, -0.2) is 0 Å². The van der Waals surface area contributed by atoms with E-state index in [-0.39, 0.29) is 5.91 Å². The number of carbonyl (C=O) groups excluding carboxylic acids is 1. The van der Waals surface area contributed by atoms with Gasteiger partial charge < -0.3 is 0 Å². The Labute approximate surface area is 143 Å². The van der Waals surface area contributed by atoms with E-state index in [1.807, 2.05) is 6.07 Å². The molecule has 0 unspecified atom stereocenters. The molecule has 0 bridgehead atoms. The maximum absolute atomic E-state index is 11.9.